The molecule has 0 aliphatic heterocycles. The number of pyridine rings is 1. The summed E-state index contributed by atoms with van der Waals surface area (Å²) in [5, 5.41) is 12.2. The predicted octanol–water partition coefficient (Wildman–Crippen LogP) is 1.90. The first-order valence-electron chi connectivity index (χ1n) is 5.51. The molecule has 98 valence electrons. The number of rotatable bonds is 3. The Bertz CT molecular complexity index is 667. The van der Waals surface area contributed by atoms with Crippen molar-refractivity contribution in [2.45, 2.75) is 6.92 Å². The highest BCUT2D eigenvalue weighted by molar-refractivity contribution is 6.04. The van der Waals surface area contributed by atoms with Crippen LogP contribution in [0, 0.1) is 0 Å². The van der Waals surface area contributed by atoms with Crippen molar-refractivity contribution in [2.75, 3.05) is 12.4 Å². The summed E-state index contributed by atoms with van der Waals surface area (Å²) in [5.41, 5.74) is 0.539. The van der Waals surface area contributed by atoms with Gasteiger partial charge in [0.15, 0.2) is 0 Å². The first kappa shape index (κ1) is 12.8. The Morgan fingerprint density at radius 1 is 1.32 bits per heavy atom. The normalized spacial score (nSPS) is 10.2. The minimum Gasteiger partial charge on any atom is -0.497 e. The Morgan fingerprint density at radius 2 is 2.05 bits per heavy atom. The number of carboxylic acids is 1. The first-order valence-corrected chi connectivity index (χ1v) is 5.51. The number of nitrogens with one attached hydrogen (secondary N) is 1. The molecule has 0 radical (unpaired) electrons. The van der Waals surface area contributed by atoms with Crippen molar-refractivity contribution >= 4 is 28.6 Å². The summed E-state index contributed by atoms with van der Waals surface area (Å²) in [5.74, 6) is -0.643. The first-order chi connectivity index (χ1) is 9.01. The highest BCUT2D eigenvalue weighted by atomic mass is 16.5. The van der Waals surface area contributed by atoms with Gasteiger partial charge in [-0.05, 0) is 24.3 Å². The lowest BCUT2D eigenvalue weighted by atomic mass is 10.1. The summed E-state index contributed by atoms with van der Waals surface area (Å²) in [6, 6.07) is 6.25. The third-order valence-corrected chi connectivity index (χ3v) is 2.55. The summed E-state index contributed by atoms with van der Waals surface area (Å²) in [6.07, 6.45) is 0. The Balaban J connectivity index is 2.68. The number of aromatic carboxylic acids is 1. The van der Waals surface area contributed by atoms with Crippen molar-refractivity contribution in [3.05, 3.63) is 29.8 Å². The second kappa shape index (κ2) is 4.93. The lowest BCUT2D eigenvalue weighted by molar-refractivity contribution is -0.114. The molecule has 0 fully saturated rings. The van der Waals surface area contributed by atoms with Crippen LogP contribution in [0.3, 0.4) is 0 Å². The fourth-order valence-electron chi connectivity index (χ4n) is 1.75. The Kier molecular flexibility index (Phi) is 3.33. The van der Waals surface area contributed by atoms with Crippen molar-refractivity contribution in [3.63, 3.8) is 0 Å². The van der Waals surface area contributed by atoms with Crippen LogP contribution < -0.4 is 10.1 Å². The van der Waals surface area contributed by atoms with E-state index in [-0.39, 0.29) is 17.3 Å². The van der Waals surface area contributed by atoms with Gasteiger partial charge in [0.25, 0.3) is 0 Å². The van der Waals surface area contributed by atoms with Gasteiger partial charge in [-0.3, -0.25) is 4.79 Å². The maximum atomic E-state index is 11.3. The van der Waals surface area contributed by atoms with Crippen molar-refractivity contribution < 1.29 is 19.4 Å². The lowest BCUT2D eigenvalue weighted by Crippen LogP contribution is -2.09. The zero-order valence-electron chi connectivity index (χ0n) is 10.4. The number of aromatic nitrogens is 1. The molecular formula is C13H12N2O4. The van der Waals surface area contributed by atoms with Gasteiger partial charge in [0, 0.05) is 12.3 Å². The standard InChI is InChI=1S/C13H12N2O4/c1-7(16)14-12-6-10(13(17)18)9-5-8(19-2)3-4-11(9)15-12/h3-6H,1-2H3,(H,17,18)(H,14,15,16). The van der Waals surface area contributed by atoms with Gasteiger partial charge >= 0.3 is 5.97 Å². The predicted molar refractivity (Wildman–Crippen MR) is 69.6 cm³/mol. The number of carbonyl (C=O) groups excluding carboxylic acids is 1. The van der Waals surface area contributed by atoms with Crippen LogP contribution in [0.15, 0.2) is 24.3 Å². The molecule has 1 amide bonds. The van der Waals surface area contributed by atoms with E-state index in [1.165, 1.54) is 20.1 Å². The summed E-state index contributed by atoms with van der Waals surface area (Å²) in [6.45, 7) is 1.33. The van der Waals surface area contributed by atoms with Gasteiger partial charge in [0.05, 0.1) is 18.2 Å². The van der Waals surface area contributed by atoms with Crippen LogP contribution in [0.1, 0.15) is 17.3 Å². The Labute approximate surface area is 109 Å². The molecule has 2 N–H and O–H groups in total. The average molecular weight is 260 g/mol. The second-order valence-electron chi connectivity index (χ2n) is 3.92. The minimum absolute atomic E-state index is 0.0626. The number of nitrogens with zero attached hydrogens (tertiary/aromatic N) is 1. The van der Waals surface area contributed by atoms with E-state index in [0.29, 0.717) is 16.7 Å². The van der Waals surface area contributed by atoms with Gasteiger partial charge in [-0.15, -0.1) is 0 Å². The number of carbonyl (C=O) groups is 2. The number of hydrogen-bond donors (Lipinski definition) is 2. The van der Waals surface area contributed by atoms with Crippen molar-refractivity contribution in [3.8, 4) is 5.75 Å². The fourth-order valence-corrected chi connectivity index (χ4v) is 1.75. The quantitative estimate of drug-likeness (QED) is 0.879. The molecule has 6 nitrogen and oxygen atoms in total. The van der Waals surface area contributed by atoms with E-state index in [1.807, 2.05) is 0 Å². The summed E-state index contributed by atoms with van der Waals surface area (Å²) in [4.78, 5) is 26.5. The number of fused-ring (bicyclic) bond motifs is 1. The number of ether oxygens (including phenoxy) is 1. The van der Waals surface area contributed by atoms with Crippen LogP contribution in [0.4, 0.5) is 5.82 Å². The molecule has 0 aliphatic carbocycles. The van der Waals surface area contributed by atoms with Crippen molar-refractivity contribution in [1.29, 1.82) is 0 Å². The zero-order chi connectivity index (χ0) is 14.0. The van der Waals surface area contributed by atoms with Gasteiger partial charge in [-0.25, -0.2) is 9.78 Å². The van der Waals surface area contributed by atoms with Gasteiger partial charge in [0.2, 0.25) is 5.91 Å². The van der Waals surface area contributed by atoms with E-state index in [4.69, 9.17) is 4.74 Å². The molecular weight excluding hydrogens is 248 g/mol. The van der Waals surface area contributed by atoms with Gasteiger partial charge in [-0.1, -0.05) is 0 Å². The van der Waals surface area contributed by atoms with Gasteiger partial charge in [0.1, 0.15) is 11.6 Å². The lowest BCUT2D eigenvalue weighted by Gasteiger charge is -2.08. The van der Waals surface area contributed by atoms with E-state index in [0.717, 1.165) is 0 Å². The number of carboxylic acid groups (broad SMARTS) is 1. The van der Waals surface area contributed by atoms with Crippen LogP contribution >= 0.6 is 0 Å². The monoisotopic (exact) mass is 260 g/mol. The molecule has 1 aromatic carbocycles. The highest BCUT2D eigenvalue weighted by Gasteiger charge is 2.13. The largest absolute Gasteiger partial charge is 0.497 e. The van der Waals surface area contributed by atoms with E-state index in [9.17, 15) is 14.7 Å². The third kappa shape index (κ3) is 2.62. The zero-order valence-corrected chi connectivity index (χ0v) is 10.4. The molecule has 1 heterocycles. The SMILES string of the molecule is COc1ccc2nc(NC(C)=O)cc(C(=O)O)c2c1. The number of hydrogen-bond acceptors (Lipinski definition) is 4. The van der Waals surface area contributed by atoms with Crippen molar-refractivity contribution in [1.82, 2.24) is 4.98 Å². The average Bonchev–Trinajstić information content (AvgIpc) is 2.36. The molecule has 2 rings (SSSR count). The molecule has 0 saturated carbocycles. The third-order valence-electron chi connectivity index (χ3n) is 2.55. The molecule has 1 aromatic heterocycles. The highest BCUT2D eigenvalue weighted by Crippen LogP contribution is 2.25. The van der Waals surface area contributed by atoms with Crippen molar-refractivity contribution in [2.24, 2.45) is 0 Å². The molecule has 6 heteroatoms. The summed E-state index contributed by atoms with van der Waals surface area (Å²) >= 11 is 0. The van der Waals surface area contributed by atoms with E-state index >= 15 is 0 Å². The van der Waals surface area contributed by atoms with Crippen LogP contribution in [0.25, 0.3) is 10.9 Å². The summed E-state index contributed by atoms with van der Waals surface area (Å²) in [7, 11) is 1.50. The topological polar surface area (TPSA) is 88.5 Å². The van der Waals surface area contributed by atoms with Gasteiger partial charge in [-0.2, -0.15) is 0 Å². The molecule has 0 aliphatic rings. The fraction of sp³-hybridized carbons (Fsp3) is 0.154. The molecule has 19 heavy (non-hydrogen) atoms. The minimum atomic E-state index is -1.09. The number of amides is 1. The molecule has 0 unspecified atom stereocenters. The maximum Gasteiger partial charge on any atom is 0.336 e. The maximum absolute atomic E-state index is 11.3. The van der Waals surface area contributed by atoms with E-state index in [1.54, 1.807) is 18.2 Å². The van der Waals surface area contributed by atoms with Crippen LogP contribution in [0.2, 0.25) is 0 Å². The number of methoxy groups -OCH3 is 1. The van der Waals surface area contributed by atoms with Crippen LogP contribution in [-0.4, -0.2) is 29.1 Å². The molecule has 0 spiro atoms. The van der Waals surface area contributed by atoms with E-state index in [2.05, 4.69) is 10.3 Å². The second-order valence-corrected chi connectivity index (χ2v) is 3.92. The molecule has 0 atom stereocenters. The molecule has 2 aromatic rings. The molecule has 0 bridgehead atoms. The van der Waals surface area contributed by atoms with Crippen LogP contribution in [-0.2, 0) is 4.79 Å². The Hall–Kier alpha value is -2.63. The van der Waals surface area contributed by atoms with E-state index < -0.39 is 5.97 Å². The molecule has 0 saturated heterocycles. The number of anilines is 1. The van der Waals surface area contributed by atoms with Crippen LogP contribution in [0.5, 0.6) is 5.75 Å². The summed E-state index contributed by atoms with van der Waals surface area (Å²) < 4.78 is 5.06. The Morgan fingerprint density at radius 3 is 2.63 bits per heavy atom. The van der Waals surface area contributed by atoms with Gasteiger partial charge < -0.3 is 15.2 Å². The number of benzene rings is 1. The smallest absolute Gasteiger partial charge is 0.336 e.